The highest BCUT2D eigenvalue weighted by Gasteiger charge is 2.30. The summed E-state index contributed by atoms with van der Waals surface area (Å²) >= 11 is 0. The summed E-state index contributed by atoms with van der Waals surface area (Å²) in [5, 5.41) is 10.7. The third-order valence-corrected chi connectivity index (χ3v) is 21.5. The van der Waals surface area contributed by atoms with E-state index in [1.54, 1.807) is 0 Å². The van der Waals surface area contributed by atoms with Crippen LogP contribution >= 0.6 is 15.6 Å². The van der Waals surface area contributed by atoms with Crippen molar-refractivity contribution < 1.29 is 80.2 Å². The Morgan fingerprint density at radius 3 is 0.660 bits per heavy atom. The molecule has 0 rings (SSSR count). The molecule has 0 aromatic heterocycles. The maximum atomic E-state index is 13.1. The van der Waals surface area contributed by atoms with Gasteiger partial charge in [-0.1, -0.05) is 389 Å². The lowest BCUT2D eigenvalue weighted by Gasteiger charge is -2.21. The molecule has 103 heavy (non-hydrogen) atoms. The predicted octanol–water partition coefficient (Wildman–Crippen LogP) is 25.3. The number of hydrogen-bond acceptors (Lipinski definition) is 15. The molecule has 0 fully saturated rings. The number of carbonyl (C=O) groups is 4. The Kier molecular flexibility index (Phi) is 72.8. The van der Waals surface area contributed by atoms with E-state index in [-0.39, 0.29) is 25.7 Å². The van der Waals surface area contributed by atoms with E-state index in [1.165, 1.54) is 250 Å². The van der Waals surface area contributed by atoms with Gasteiger partial charge in [0.1, 0.15) is 19.3 Å². The first-order chi connectivity index (χ1) is 49.7. The van der Waals surface area contributed by atoms with E-state index in [2.05, 4.69) is 48.5 Å². The Labute approximate surface area is 632 Å². The van der Waals surface area contributed by atoms with Gasteiger partial charge in [0.25, 0.3) is 0 Å². The van der Waals surface area contributed by atoms with Crippen LogP contribution in [0.3, 0.4) is 0 Å². The van der Waals surface area contributed by atoms with Crippen LogP contribution in [-0.2, 0) is 65.4 Å². The summed E-state index contributed by atoms with van der Waals surface area (Å²) < 4.78 is 68.9. The second-order valence-electron chi connectivity index (χ2n) is 31.6. The SMILES string of the molecule is CCCCCCCCCCCCCCCCCC(=O)O[C@H](COC(=O)CCCCCCCCCCCC(C)C)COP(=O)(O)OC[C@H](O)COP(=O)(O)OC[C@@H](COC(=O)CCCCCCCCCCCCCCCCC(C)C)OC(=O)CCCCCCCCCCCCCCCCCCC(C)C. The lowest BCUT2D eigenvalue weighted by Crippen LogP contribution is -2.30. The van der Waals surface area contributed by atoms with Gasteiger partial charge in [-0.3, -0.25) is 37.3 Å². The van der Waals surface area contributed by atoms with Crippen LogP contribution in [0.1, 0.15) is 440 Å². The third-order valence-electron chi connectivity index (χ3n) is 19.6. The van der Waals surface area contributed by atoms with Gasteiger partial charge in [0, 0.05) is 25.7 Å². The summed E-state index contributed by atoms with van der Waals surface area (Å²) in [6.07, 6.45) is 63.7. The molecule has 0 spiro atoms. The van der Waals surface area contributed by atoms with Crippen molar-refractivity contribution >= 4 is 39.5 Å². The fourth-order valence-corrected chi connectivity index (χ4v) is 14.6. The van der Waals surface area contributed by atoms with Crippen molar-refractivity contribution in [2.75, 3.05) is 39.6 Å². The zero-order valence-electron chi connectivity index (χ0n) is 67.8. The molecule has 0 radical (unpaired) electrons. The van der Waals surface area contributed by atoms with Gasteiger partial charge >= 0.3 is 39.5 Å². The minimum Gasteiger partial charge on any atom is -0.462 e. The van der Waals surface area contributed by atoms with Gasteiger partial charge in [-0.05, 0) is 43.4 Å². The first-order valence-electron chi connectivity index (χ1n) is 43.3. The average Bonchev–Trinajstić information content (AvgIpc) is 0.906. The summed E-state index contributed by atoms with van der Waals surface area (Å²) in [5.74, 6) is 0.247. The van der Waals surface area contributed by atoms with Crippen LogP contribution in [0, 0.1) is 17.8 Å². The molecule has 3 N–H and O–H groups in total. The Hall–Kier alpha value is -1.94. The molecule has 19 heteroatoms. The number of phosphoric ester groups is 2. The van der Waals surface area contributed by atoms with E-state index >= 15 is 0 Å². The van der Waals surface area contributed by atoms with Gasteiger partial charge in [0.2, 0.25) is 0 Å². The summed E-state index contributed by atoms with van der Waals surface area (Å²) in [5.41, 5.74) is 0. The molecule has 0 aromatic carbocycles. The fraction of sp³-hybridized carbons (Fsp3) is 0.952. The molecule has 5 atom stereocenters. The van der Waals surface area contributed by atoms with Crippen molar-refractivity contribution in [3.8, 4) is 0 Å². The lowest BCUT2D eigenvalue weighted by molar-refractivity contribution is -0.161. The maximum Gasteiger partial charge on any atom is 0.472 e. The highest BCUT2D eigenvalue weighted by molar-refractivity contribution is 7.47. The molecule has 2 unspecified atom stereocenters. The van der Waals surface area contributed by atoms with Crippen molar-refractivity contribution in [2.24, 2.45) is 17.8 Å². The van der Waals surface area contributed by atoms with Crippen molar-refractivity contribution in [2.45, 2.75) is 458 Å². The first-order valence-corrected chi connectivity index (χ1v) is 46.3. The molecule has 0 amide bonds. The molecule has 0 aliphatic carbocycles. The highest BCUT2D eigenvalue weighted by atomic mass is 31.2. The highest BCUT2D eigenvalue weighted by Crippen LogP contribution is 2.45. The fourth-order valence-electron chi connectivity index (χ4n) is 13.0. The molecule has 0 saturated carbocycles. The Balaban J connectivity index is 5.26. The lowest BCUT2D eigenvalue weighted by atomic mass is 10.0. The van der Waals surface area contributed by atoms with Crippen molar-refractivity contribution in [1.29, 1.82) is 0 Å². The molecule has 17 nitrogen and oxygen atoms in total. The van der Waals surface area contributed by atoms with E-state index in [0.717, 1.165) is 108 Å². The van der Waals surface area contributed by atoms with Crippen LogP contribution in [0.15, 0.2) is 0 Å². The van der Waals surface area contributed by atoms with E-state index in [0.29, 0.717) is 25.7 Å². The van der Waals surface area contributed by atoms with Gasteiger partial charge in [0.05, 0.1) is 26.4 Å². The van der Waals surface area contributed by atoms with Crippen LogP contribution in [0.2, 0.25) is 0 Å². The monoisotopic (exact) mass is 1510 g/mol. The van der Waals surface area contributed by atoms with E-state index in [1.807, 2.05) is 0 Å². The molecule has 0 aliphatic rings. The van der Waals surface area contributed by atoms with Crippen LogP contribution in [0.5, 0.6) is 0 Å². The average molecular weight is 1510 g/mol. The quantitative estimate of drug-likeness (QED) is 0.0222. The van der Waals surface area contributed by atoms with Crippen LogP contribution < -0.4 is 0 Å². The van der Waals surface area contributed by atoms with Crippen LogP contribution in [-0.4, -0.2) is 96.7 Å². The molecule has 0 heterocycles. The van der Waals surface area contributed by atoms with E-state index in [9.17, 15) is 43.2 Å². The molecular formula is C84H164O17P2. The standard InChI is InChI=1S/C84H164O17P2/c1-8-9-10-11-12-13-14-15-18-26-31-38-46-53-60-67-83(88)101-80(72-95-82(87)66-59-52-45-40-33-36-43-50-57-64-77(6)7)74-99-103(92,93)97-70-78(85)69-96-102(90,91)98-73-79(71-94-81(86)65-58-51-44-37-30-25-22-21-24-29-35-42-49-56-63-76(4)5)100-84(89)68-61-54-47-39-32-27-20-17-16-19-23-28-34-41-48-55-62-75(2)3/h75-80,85H,8-74H2,1-7H3,(H,90,91)(H,92,93)/t78-,79-,80-/m1/s1. The zero-order valence-corrected chi connectivity index (χ0v) is 69.6. The number of carbonyl (C=O) groups excluding carboxylic acids is 4. The van der Waals surface area contributed by atoms with Gasteiger partial charge in [-0.15, -0.1) is 0 Å². The van der Waals surface area contributed by atoms with E-state index in [4.69, 9.17) is 37.0 Å². The minimum absolute atomic E-state index is 0.108. The van der Waals surface area contributed by atoms with Crippen molar-refractivity contribution in [3.05, 3.63) is 0 Å². The van der Waals surface area contributed by atoms with Crippen LogP contribution in [0.25, 0.3) is 0 Å². The third kappa shape index (κ3) is 78.0. The summed E-state index contributed by atoms with van der Waals surface area (Å²) in [4.78, 5) is 73.2. The van der Waals surface area contributed by atoms with Crippen molar-refractivity contribution in [3.63, 3.8) is 0 Å². The number of phosphoric acid groups is 2. The summed E-state index contributed by atoms with van der Waals surface area (Å²) in [6.45, 7) is 12.0. The summed E-state index contributed by atoms with van der Waals surface area (Å²) in [6, 6.07) is 0. The largest absolute Gasteiger partial charge is 0.472 e. The number of aliphatic hydroxyl groups excluding tert-OH is 1. The molecule has 0 bridgehead atoms. The van der Waals surface area contributed by atoms with Crippen LogP contribution in [0.4, 0.5) is 0 Å². The van der Waals surface area contributed by atoms with Crippen molar-refractivity contribution in [1.82, 2.24) is 0 Å². The van der Waals surface area contributed by atoms with Gasteiger partial charge in [-0.2, -0.15) is 0 Å². The Morgan fingerprint density at radius 1 is 0.262 bits per heavy atom. The predicted molar refractivity (Wildman–Crippen MR) is 423 cm³/mol. The maximum absolute atomic E-state index is 13.1. The molecule has 0 aliphatic heterocycles. The normalized spacial score (nSPS) is 13.9. The molecule has 0 saturated heterocycles. The Morgan fingerprint density at radius 2 is 0.447 bits per heavy atom. The Bertz CT molecular complexity index is 1990. The molecule has 612 valence electrons. The molecular weight excluding hydrogens is 1340 g/mol. The number of unbranched alkanes of at least 4 members (excludes halogenated alkanes) is 50. The van der Waals surface area contributed by atoms with E-state index < -0.39 is 97.5 Å². The number of aliphatic hydroxyl groups is 1. The molecule has 0 aromatic rings. The first kappa shape index (κ1) is 101. The zero-order chi connectivity index (χ0) is 75.8. The number of esters is 4. The van der Waals surface area contributed by atoms with Gasteiger partial charge in [-0.25, -0.2) is 9.13 Å². The van der Waals surface area contributed by atoms with Gasteiger partial charge in [0.15, 0.2) is 12.2 Å². The van der Waals surface area contributed by atoms with Gasteiger partial charge < -0.3 is 33.8 Å². The number of ether oxygens (including phenoxy) is 4. The second kappa shape index (κ2) is 74.2. The minimum atomic E-state index is -4.96. The number of hydrogen-bond donors (Lipinski definition) is 3. The summed E-state index contributed by atoms with van der Waals surface area (Å²) in [7, 11) is -9.93. The second-order valence-corrected chi connectivity index (χ2v) is 34.6. The number of rotatable bonds is 82. The smallest absolute Gasteiger partial charge is 0.462 e. The topological polar surface area (TPSA) is 237 Å².